The topological polar surface area (TPSA) is 68.4 Å². The molecule has 3 rings (SSSR count). The number of benzene rings is 1. The van der Waals surface area contributed by atoms with Gasteiger partial charge in [-0.2, -0.15) is 0 Å². The fourth-order valence-corrected chi connectivity index (χ4v) is 2.18. The van der Waals surface area contributed by atoms with Crippen molar-refractivity contribution in [3.8, 4) is 0 Å². The second-order valence-electron chi connectivity index (χ2n) is 5.02. The van der Waals surface area contributed by atoms with Crippen molar-refractivity contribution in [3.05, 3.63) is 47.7 Å². The highest BCUT2D eigenvalue weighted by molar-refractivity contribution is 5.76. The largest absolute Gasteiger partial charge is 0.465 e. The Bertz CT molecular complexity index is 730. The minimum atomic E-state index is 0.619. The third-order valence-corrected chi connectivity index (χ3v) is 3.08. The van der Waals surface area contributed by atoms with Gasteiger partial charge in [0, 0.05) is 5.69 Å². The molecule has 0 atom stereocenters. The number of aromatic nitrogens is 1. The van der Waals surface area contributed by atoms with Crippen LogP contribution < -0.4 is 5.73 Å². The van der Waals surface area contributed by atoms with Crippen LogP contribution in [0.15, 0.2) is 39.2 Å². The summed E-state index contributed by atoms with van der Waals surface area (Å²) in [7, 11) is 2.00. The Labute approximate surface area is 117 Å². The average molecular weight is 271 g/mol. The first-order chi connectivity index (χ1) is 9.60. The highest BCUT2D eigenvalue weighted by Crippen LogP contribution is 2.19. The number of hydrogen-bond acceptors (Lipinski definition) is 5. The van der Waals surface area contributed by atoms with Crippen LogP contribution >= 0.6 is 0 Å². The number of rotatable bonds is 4. The lowest BCUT2D eigenvalue weighted by Gasteiger charge is -2.12. The first-order valence-electron chi connectivity index (χ1n) is 6.49. The Hall–Kier alpha value is -2.27. The fraction of sp³-hybridized carbons (Fsp3) is 0.267. The molecule has 0 unspecified atom stereocenters. The first kappa shape index (κ1) is 12.7. The molecule has 0 bridgehead atoms. The summed E-state index contributed by atoms with van der Waals surface area (Å²) >= 11 is 0. The molecule has 104 valence electrons. The van der Waals surface area contributed by atoms with Crippen molar-refractivity contribution in [3.63, 3.8) is 0 Å². The smallest absolute Gasteiger partial charge is 0.209 e. The van der Waals surface area contributed by atoms with Crippen LogP contribution in [0, 0.1) is 6.92 Å². The van der Waals surface area contributed by atoms with Gasteiger partial charge in [-0.25, -0.2) is 4.98 Å². The van der Waals surface area contributed by atoms with E-state index in [-0.39, 0.29) is 0 Å². The Morgan fingerprint density at radius 3 is 2.75 bits per heavy atom. The van der Waals surface area contributed by atoms with E-state index >= 15 is 0 Å². The first-order valence-corrected chi connectivity index (χ1v) is 6.49. The number of hydrogen-bond donors (Lipinski definition) is 1. The number of anilines is 1. The zero-order valence-electron chi connectivity index (χ0n) is 11.6. The monoisotopic (exact) mass is 271 g/mol. The second kappa shape index (κ2) is 5.02. The molecule has 0 radical (unpaired) electrons. The Morgan fingerprint density at radius 2 is 2.00 bits per heavy atom. The molecule has 0 saturated carbocycles. The Balaban J connectivity index is 1.72. The number of furan rings is 1. The minimum absolute atomic E-state index is 0.619. The number of nitrogen functional groups attached to an aromatic ring is 1. The summed E-state index contributed by atoms with van der Waals surface area (Å²) in [5.74, 6) is 2.53. The standard InChI is InChI=1S/C15H17N3O2/c1-10-3-5-12(19-10)8-18(2)9-15-17-13-7-11(16)4-6-14(13)20-15/h3-7H,8-9,16H2,1-2H3. The van der Waals surface area contributed by atoms with Gasteiger partial charge in [0.1, 0.15) is 17.0 Å². The van der Waals surface area contributed by atoms with Gasteiger partial charge in [0.15, 0.2) is 5.58 Å². The van der Waals surface area contributed by atoms with E-state index in [1.165, 1.54) is 0 Å². The van der Waals surface area contributed by atoms with Gasteiger partial charge in [0.2, 0.25) is 5.89 Å². The predicted octanol–water partition coefficient (Wildman–Crippen LogP) is 2.94. The van der Waals surface area contributed by atoms with Crippen molar-refractivity contribution < 1.29 is 8.83 Å². The van der Waals surface area contributed by atoms with Gasteiger partial charge in [-0.15, -0.1) is 0 Å². The molecule has 2 N–H and O–H groups in total. The minimum Gasteiger partial charge on any atom is -0.465 e. The van der Waals surface area contributed by atoms with Gasteiger partial charge >= 0.3 is 0 Å². The molecule has 0 spiro atoms. The molecule has 0 saturated heterocycles. The zero-order chi connectivity index (χ0) is 14.1. The van der Waals surface area contributed by atoms with E-state index in [1.54, 1.807) is 0 Å². The maximum atomic E-state index is 5.73. The normalized spacial score (nSPS) is 11.6. The number of nitrogens with two attached hydrogens (primary N) is 1. The molecule has 0 aliphatic rings. The number of aryl methyl sites for hydroxylation is 1. The van der Waals surface area contributed by atoms with Crippen LogP contribution in [0.4, 0.5) is 5.69 Å². The number of oxazole rings is 1. The van der Waals surface area contributed by atoms with E-state index in [0.29, 0.717) is 24.7 Å². The predicted molar refractivity (Wildman–Crippen MR) is 77.0 cm³/mol. The molecule has 5 heteroatoms. The summed E-state index contributed by atoms with van der Waals surface area (Å²) in [4.78, 5) is 6.53. The highest BCUT2D eigenvalue weighted by atomic mass is 16.4. The van der Waals surface area contributed by atoms with Crippen molar-refractivity contribution in [2.45, 2.75) is 20.0 Å². The molecule has 3 aromatic rings. The van der Waals surface area contributed by atoms with Gasteiger partial charge < -0.3 is 14.6 Å². The summed E-state index contributed by atoms with van der Waals surface area (Å²) in [5.41, 5.74) is 7.98. The van der Waals surface area contributed by atoms with E-state index in [4.69, 9.17) is 14.6 Å². The van der Waals surface area contributed by atoms with Crippen LogP contribution in [0.2, 0.25) is 0 Å². The van der Waals surface area contributed by atoms with Gasteiger partial charge in [0.25, 0.3) is 0 Å². The summed E-state index contributed by atoms with van der Waals surface area (Å²) in [6.07, 6.45) is 0. The average Bonchev–Trinajstić information content (AvgIpc) is 2.94. The van der Waals surface area contributed by atoms with Gasteiger partial charge in [-0.1, -0.05) is 0 Å². The summed E-state index contributed by atoms with van der Waals surface area (Å²) < 4.78 is 11.3. The quantitative estimate of drug-likeness (QED) is 0.739. The highest BCUT2D eigenvalue weighted by Gasteiger charge is 2.10. The molecular formula is C15H17N3O2. The van der Waals surface area contributed by atoms with Crippen LogP contribution in [-0.2, 0) is 13.1 Å². The van der Waals surface area contributed by atoms with Crippen LogP contribution in [-0.4, -0.2) is 16.9 Å². The van der Waals surface area contributed by atoms with Crippen molar-refractivity contribution in [2.24, 2.45) is 0 Å². The number of nitrogens with zero attached hydrogens (tertiary/aromatic N) is 2. The third-order valence-electron chi connectivity index (χ3n) is 3.08. The van der Waals surface area contributed by atoms with Crippen LogP contribution in [0.1, 0.15) is 17.4 Å². The third kappa shape index (κ3) is 2.67. The van der Waals surface area contributed by atoms with Gasteiger partial charge in [-0.05, 0) is 44.3 Å². The maximum absolute atomic E-state index is 5.73. The number of fused-ring (bicyclic) bond motifs is 1. The summed E-state index contributed by atoms with van der Waals surface area (Å²) in [5, 5.41) is 0. The molecule has 1 aromatic carbocycles. The molecule has 20 heavy (non-hydrogen) atoms. The van der Waals surface area contributed by atoms with Crippen molar-refractivity contribution in [2.75, 3.05) is 12.8 Å². The lowest BCUT2D eigenvalue weighted by molar-refractivity contribution is 0.260. The summed E-state index contributed by atoms with van der Waals surface area (Å²) in [6, 6.07) is 9.42. The zero-order valence-corrected chi connectivity index (χ0v) is 11.6. The molecule has 2 heterocycles. The molecule has 0 aliphatic heterocycles. The molecule has 5 nitrogen and oxygen atoms in total. The maximum Gasteiger partial charge on any atom is 0.209 e. The fourth-order valence-electron chi connectivity index (χ4n) is 2.18. The Morgan fingerprint density at radius 1 is 1.15 bits per heavy atom. The lowest BCUT2D eigenvalue weighted by atomic mass is 10.3. The molecule has 0 aliphatic carbocycles. The lowest BCUT2D eigenvalue weighted by Crippen LogP contribution is -2.16. The van der Waals surface area contributed by atoms with E-state index in [1.807, 2.05) is 44.3 Å². The van der Waals surface area contributed by atoms with Crippen LogP contribution in [0.3, 0.4) is 0 Å². The van der Waals surface area contributed by atoms with Crippen molar-refractivity contribution in [1.29, 1.82) is 0 Å². The van der Waals surface area contributed by atoms with Crippen molar-refractivity contribution in [1.82, 2.24) is 9.88 Å². The van der Waals surface area contributed by atoms with E-state index in [0.717, 1.165) is 22.6 Å². The van der Waals surface area contributed by atoms with E-state index in [2.05, 4.69) is 9.88 Å². The van der Waals surface area contributed by atoms with Gasteiger partial charge in [0.05, 0.1) is 13.1 Å². The van der Waals surface area contributed by atoms with E-state index in [9.17, 15) is 0 Å². The van der Waals surface area contributed by atoms with Gasteiger partial charge in [-0.3, -0.25) is 4.90 Å². The second-order valence-corrected chi connectivity index (χ2v) is 5.02. The summed E-state index contributed by atoms with van der Waals surface area (Å²) in [6.45, 7) is 3.28. The molecular weight excluding hydrogens is 254 g/mol. The molecule has 0 fully saturated rings. The van der Waals surface area contributed by atoms with Crippen LogP contribution in [0.5, 0.6) is 0 Å². The Kier molecular flexibility index (Phi) is 3.20. The van der Waals surface area contributed by atoms with Crippen LogP contribution in [0.25, 0.3) is 11.1 Å². The SMILES string of the molecule is Cc1ccc(CN(C)Cc2nc3cc(N)ccc3o2)o1. The van der Waals surface area contributed by atoms with E-state index < -0.39 is 0 Å². The molecule has 0 amide bonds. The van der Waals surface area contributed by atoms with Crippen molar-refractivity contribution >= 4 is 16.8 Å². The molecule has 2 aromatic heterocycles.